The van der Waals surface area contributed by atoms with Crippen LogP contribution in [-0.2, 0) is 6.54 Å². The summed E-state index contributed by atoms with van der Waals surface area (Å²) in [6.45, 7) is 4.63. The van der Waals surface area contributed by atoms with Gasteiger partial charge in [0.25, 0.3) is 0 Å². The fraction of sp³-hybridized carbons (Fsp3) is 0.235. The van der Waals surface area contributed by atoms with Gasteiger partial charge in [0.2, 0.25) is 0 Å². The molecule has 0 fully saturated rings. The van der Waals surface area contributed by atoms with E-state index in [0.29, 0.717) is 17.9 Å². The Labute approximate surface area is 124 Å². The van der Waals surface area contributed by atoms with Crippen LogP contribution in [0, 0.1) is 17.1 Å². The summed E-state index contributed by atoms with van der Waals surface area (Å²) in [4.78, 5) is 2.01. The number of nitrogens with two attached hydrogens (primary N) is 1. The fourth-order valence-corrected chi connectivity index (χ4v) is 2.23. The molecule has 0 aromatic heterocycles. The molecule has 108 valence electrons. The van der Waals surface area contributed by atoms with Gasteiger partial charge in [0, 0.05) is 18.3 Å². The van der Waals surface area contributed by atoms with Crippen LogP contribution in [-0.4, -0.2) is 6.04 Å². The highest BCUT2D eigenvalue weighted by Crippen LogP contribution is 2.26. The van der Waals surface area contributed by atoms with Gasteiger partial charge in [0.15, 0.2) is 0 Å². The first-order valence-corrected chi connectivity index (χ1v) is 6.82. The highest BCUT2D eigenvalue weighted by molar-refractivity contribution is 5.60. The quantitative estimate of drug-likeness (QED) is 0.871. The van der Waals surface area contributed by atoms with Gasteiger partial charge in [-0.15, -0.1) is 0 Å². The van der Waals surface area contributed by atoms with Crippen LogP contribution >= 0.6 is 0 Å². The highest BCUT2D eigenvalue weighted by Gasteiger charge is 2.17. The Morgan fingerprint density at radius 2 is 1.86 bits per heavy atom. The number of rotatable bonds is 4. The molecule has 2 N–H and O–H groups in total. The second-order valence-corrected chi connectivity index (χ2v) is 5.21. The first-order chi connectivity index (χ1) is 10.0. The van der Waals surface area contributed by atoms with Crippen molar-refractivity contribution in [3.8, 4) is 6.07 Å². The molecule has 0 saturated heterocycles. The zero-order valence-corrected chi connectivity index (χ0v) is 12.2. The standard InChI is InChI=1S/C17H18FN3/c1-12(2)21(11-13-6-8-14(20)9-7-13)17-5-3-4-16(18)15(17)10-19/h3-9,12H,11,20H2,1-2H3. The number of nitrogen functional groups attached to an aromatic ring is 1. The molecule has 0 aliphatic heterocycles. The van der Waals surface area contributed by atoms with Gasteiger partial charge in [-0.2, -0.15) is 5.26 Å². The van der Waals surface area contributed by atoms with Gasteiger partial charge in [0.05, 0.1) is 5.69 Å². The first-order valence-electron chi connectivity index (χ1n) is 6.82. The molecule has 0 atom stereocenters. The summed E-state index contributed by atoms with van der Waals surface area (Å²) in [7, 11) is 0. The molecule has 0 amide bonds. The molecule has 0 aliphatic rings. The lowest BCUT2D eigenvalue weighted by Gasteiger charge is -2.30. The van der Waals surface area contributed by atoms with Crippen molar-refractivity contribution < 1.29 is 4.39 Å². The van der Waals surface area contributed by atoms with Crippen molar-refractivity contribution in [2.75, 3.05) is 10.6 Å². The van der Waals surface area contributed by atoms with E-state index in [0.717, 1.165) is 5.56 Å². The van der Waals surface area contributed by atoms with Crippen molar-refractivity contribution in [3.05, 3.63) is 59.4 Å². The topological polar surface area (TPSA) is 53.0 Å². The van der Waals surface area contributed by atoms with E-state index in [1.807, 2.05) is 49.1 Å². The molecule has 0 bridgehead atoms. The first kappa shape index (κ1) is 14.9. The van der Waals surface area contributed by atoms with Gasteiger partial charge in [0.1, 0.15) is 17.4 Å². The normalized spacial score (nSPS) is 10.4. The number of benzene rings is 2. The van der Waals surface area contributed by atoms with Crippen molar-refractivity contribution in [1.29, 1.82) is 5.26 Å². The predicted molar refractivity (Wildman–Crippen MR) is 83.3 cm³/mol. The molecule has 2 aromatic rings. The molecule has 0 saturated carbocycles. The van der Waals surface area contributed by atoms with Crippen LogP contribution in [0.3, 0.4) is 0 Å². The van der Waals surface area contributed by atoms with Crippen LogP contribution < -0.4 is 10.6 Å². The summed E-state index contributed by atoms with van der Waals surface area (Å²) >= 11 is 0. The smallest absolute Gasteiger partial charge is 0.143 e. The molecule has 3 nitrogen and oxygen atoms in total. The van der Waals surface area contributed by atoms with Gasteiger partial charge in [-0.05, 0) is 43.7 Å². The number of nitrogens with zero attached hydrogens (tertiary/aromatic N) is 2. The number of halogens is 1. The van der Waals surface area contributed by atoms with Crippen molar-refractivity contribution >= 4 is 11.4 Å². The van der Waals surface area contributed by atoms with Crippen LogP contribution in [0.15, 0.2) is 42.5 Å². The van der Waals surface area contributed by atoms with E-state index in [1.54, 1.807) is 12.1 Å². The van der Waals surface area contributed by atoms with Crippen molar-refractivity contribution in [2.45, 2.75) is 26.4 Å². The van der Waals surface area contributed by atoms with E-state index < -0.39 is 5.82 Å². The zero-order chi connectivity index (χ0) is 15.4. The predicted octanol–water partition coefficient (Wildman–Crippen LogP) is 3.69. The molecule has 0 aliphatic carbocycles. The summed E-state index contributed by atoms with van der Waals surface area (Å²) < 4.78 is 13.8. The second kappa shape index (κ2) is 6.27. The van der Waals surface area contributed by atoms with E-state index >= 15 is 0 Å². The van der Waals surface area contributed by atoms with E-state index in [1.165, 1.54) is 6.07 Å². The molecule has 0 unspecified atom stereocenters. The second-order valence-electron chi connectivity index (χ2n) is 5.21. The average molecular weight is 283 g/mol. The molecule has 0 heterocycles. The summed E-state index contributed by atoms with van der Waals surface area (Å²) in [6.07, 6.45) is 0. The molecule has 2 rings (SSSR count). The summed E-state index contributed by atoms with van der Waals surface area (Å²) in [5.74, 6) is -0.488. The van der Waals surface area contributed by atoms with Crippen LogP contribution in [0.4, 0.5) is 15.8 Å². The molecule has 0 spiro atoms. The number of hydrogen-bond acceptors (Lipinski definition) is 3. The maximum atomic E-state index is 13.8. The van der Waals surface area contributed by atoms with E-state index in [9.17, 15) is 9.65 Å². The largest absolute Gasteiger partial charge is 0.399 e. The summed E-state index contributed by atoms with van der Waals surface area (Å²) in [5.41, 5.74) is 8.16. The van der Waals surface area contributed by atoms with Crippen molar-refractivity contribution in [2.24, 2.45) is 0 Å². The van der Waals surface area contributed by atoms with Gasteiger partial charge in [-0.1, -0.05) is 18.2 Å². The van der Waals surface area contributed by atoms with Crippen LogP contribution in [0.1, 0.15) is 25.0 Å². The lowest BCUT2D eigenvalue weighted by molar-refractivity contribution is 0.618. The zero-order valence-electron chi connectivity index (χ0n) is 12.2. The Hall–Kier alpha value is -2.54. The van der Waals surface area contributed by atoms with Crippen molar-refractivity contribution in [1.82, 2.24) is 0 Å². The maximum absolute atomic E-state index is 13.8. The minimum atomic E-state index is -0.488. The summed E-state index contributed by atoms with van der Waals surface area (Å²) in [5, 5.41) is 9.20. The summed E-state index contributed by atoms with van der Waals surface area (Å²) in [6, 6.07) is 14.4. The molecule has 4 heteroatoms. The Balaban J connectivity index is 2.38. The average Bonchev–Trinajstić information content (AvgIpc) is 2.46. The molecule has 0 radical (unpaired) electrons. The van der Waals surface area contributed by atoms with Crippen molar-refractivity contribution in [3.63, 3.8) is 0 Å². The number of hydrogen-bond donors (Lipinski definition) is 1. The Bertz CT molecular complexity index is 657. The third-order valence-electron chi connectivity index (χ3n) is 3.37. The molecule has 21 heavy (non-hydrogen) atoms. The highest BCUT2D eigenvalue weighted by atomic mass is 19.1. The Morgan fingerprint density at radius 3 is 2.43 bits per heavy atom. The van der Waals surface area contributed by atoms with Crippen LogP contribution in [0.2, 0.25) is 0 Å². The monoisotopic (exact) mass is 283 g/mol. The SMILES string of the molecule is CC(C)N(Cc1ccc(N)cc1)c1cccc(F)c1C#N. The maximum Gasteiger partial charge on any atom is 0.143 e. The van der Waals surface area contributed by atoms with Gasteiger partial charge in [-0.25, -0.2) is 4.39 Å². The number of nitriles is 1. The van der Waals surface area contributed by atoms with E-state index in [-0.39, 0.29) is 11.6 Å². The lowest BCUT2D eigenvalue weighted by Crippen LogP contribution is -2.31. The van der Waals surface area contributed by atoms with Gasteiger partial charge in [-0.3, -0.25) is 0 Å². The molecular formula is C17H18FN3. The van der Waals surface area contributed by atoms with Crippen LogP contribution in [0.5, 0.6) is 0 Å². The van der Waals surface area contributed by atoms with Gasteiger partial charge >= 0.3 is 0 Å². The van der Waals surface area contributed by atoms with Gasteiger partial charge < -0.3 is 10.6 Å². The minimum Gasteiger partial charge on any atom is -0.399 e. The third kappa shape index (κ3) is 3.32. The number of anilines is 2. The minimum absolute atomic E-state index is 0.0849. The fourth-order valence-electron chi connectivity index (χ4n) is 2.23. The molecular weight excluding hydrogens is 265 g/mol. The molecule has 2 aromatic carbocycles. The Morgan fingerprint density at radius 1 is 1.19 bits per heavy atom. The third-order valence-corrected chi connectivity index (χ3v) is 3.37. The van der Waals surface area contributed by atoms with E-state index in [2.05, 4.69) is 0 Å². The van der Waals surface area contributed by atoms with Crippen LogP contribution in [0.25, 0.3) is 0 Å². The lowest BCUT2D eigenvalue weighted by atomic mass is 10.1. The van der Waals surface area contributed by atoms with E-state index in [4.69, 9.17) is 5.73 Å². The Kier molecular flexibility index (Phi) is 4.44.